The summed E-state index contributed by atoms with van der Waals surface area (Å²) in [7, 11) is 0. The van der Waals surface area contributed by atoms with Gasteiger partial charge in [-0.25, -0.2) is 4.98 Å². The fourth-order valence-electron chi connectivity index (χ4n) is 3.68. The number of nitrogens with one attached hydrogen (secondary N) is 2. The molecular weight excluding hydrogens is 512 g/mol. The number of carbonyl (C=O) groups is 1. The van der Waals surface area contributed by atoms with Gasteiger partial charge in [0, 0.05) is 13.1 Å². The Bertz CT molecular complexity index is 1020. The van der Waals surface area contributed by atoms with Gasteiger partial charge in [-0.15, -0.1) is 24.5 Å². The molecule has 1 aliphatic carbocycles. The molecule has 2 unspecified atom stereocenters. The third-order valence-electron chi connectivity index (χ3n) is 5.50. The molecule has 2 atom stereocenters. The van der Waals surface area contributed by atoms with Gasteiger partial charge < -0.3 is 20.5 Å². The van der Waals surface area contributed by atoms with Crippen LogP contribution in [0.2, 0.25) is 0 Å². The average molecular weight is 540 g/mol. The Morgan fingerprint density at radius 1 is 1.22 bits per heavy atom. The standard InChI is InChI=1S/C23H27F6N3O3S/c1-13(9-15-5-6-15)11-30-12-17(33)21-32-19(22(24,25)26)18(36-21)20(34)31-8-7-14-3-2-4-16(10-14)35-23(27,28)29/h2-4,10,13,15,17,30,33H,5-9,11-12H2,1H3,(H,31,34). The van der Waals surface area contributed by atoms with Gasteiger partial charge >= 0.3 is 12.5 Å². The highest BCUT2D eigenvalue weighted by Crippen LogP contribution is 2.36. The molecule has 1 amide bonds. The lowest BCUT2D eigenvalue weighted by Gasteiger charge is -2.14. The van der Waals surface area contributed by atoms with E-state index in [1.807, 2.05) is 0 Å². The zero-order valence-electron chi connectivity index (χ0n) is 19.4. The fraction of sp³-hybridized carbons (Fsp3) is 0.565. The molecular formula is C23H27F6N3O3S. The highest BCUT2D eigenvalue weighted by molar-refractivity contribution is 7.13. The summed E-state index contributed by atoms with van der Waals surface area (Å²) in [6.45, 7) is 2.53. The minimum atomic E-state index is -4.91. The first-order valence-corrected chi connectivity index (χ1v) is 12.2. The first kappa shape index (κ1) is 28.2. The lowest BCUT2D eigenvalue weighted by atomic mass is 10.0. The molecule has 1 heterocycles. The molecule has 1 aromatic carbocycles. The zero-order valence-corrected chi connectivity index (χ0v) is 20.2. The van der Waals surface area contributed by atoms with Crippen molar-refractivity contribution in [2.24, 2.45) is 11.8 Å². The average Bonchev–Trinajstić information content (AvgIpc) is 3.44. The van der Waals surface area contributed by atoms with Crippen LogP contribution in [-0.4, -0.2) is 42.0 Å². The fourth-order valence-corrected chi connectivity index (χ4v) is 4.67. The van der Waals surface area contributed by atoms with Gasteiger partial charge in [0.1, 0.15) is 21.7 Å². The van der Waals surface area contributed by atoms with E-state index in [1.54, 1.807) is 0 Å². The highest BCUT2D eigenvalue weighted by Gasteiger charge is 2.40. The van der Waals surface area contributed by atoms with Crippen LogP contribution < -0.4 is 15.4 Å². The van der Waals surface area contributed by atoms with Crippen LogP contribution in [0.25, 0.3) is 0 Å². The predicted octanol–water partition coefficient (Wildman–Crippen LogP) is 5.09. The van der Waals surface area contributed by atoms with Crippen LogP contribution in [0.3, 0.4) is 0 Å². The summed E-state index contributed by atoms with van der Waals surface area (Å²) in [6.07, 6.45) is -7.54. The number of aliphatic hydroxyl groups excluding tert-OH is 1. The van der Waals surface area contributed by atoms with Gasteiger partial charge in [-0.3, -0.25) is 4.79 Å². The molecule has 3 rings (SSSR count). The van der Waals surface area contributed by atoms with E-state index in [0.29, 0.717) is 29.4 Å². The molecule has 36 heavy (non-hydrogen) atoms. The second-order valence-corrected chi connectivity index (χ2v) is 9.92. The lowest BCUT2D eigenvalue weighted by molar-refractivity contribution is -0.274. The van der Waals surface area contributed by atoms with Crippen molar-refractivity contribution in [2.45, 2.75) is 51.2 Å². The summed E-state index contributed by atoms with van der Waals surface area (Å²) in [4.78, 5) is 15.3. The second-order valence-electron chi connectivity index (χ2n) is 8.89. The van der Waals surface area contributed by atoms with E-state index in [2.05, 4.69) is 27.3 Å². The number of aromatic nitrogens is 1. The summed E-state index contributed by atoms with van der Waals surface area (Å²) in [5, 5.41) is 15.5. The Balaban J connectivity index is 1.57. The van der Waals surface area contributed by atoms with Crippen LogP contribution in [0.1, 0.15) is 58.2 Å². The number of aliphatic hydroxyl groups is 1. The number of thiazole rings is 1. The lowest BCUT2D eigenvalue weighted by Crippen LogP contribution is -2.27. The van der Waals surface area contributed by atoms with E-state index in [-0.39, 0.29) is 24.5 Å². The molecule has 1 fully saturated rings. The van der Waals surface area contributed by atoms with E-state index in [1.165, 1.54) is 25.0 Å². The third-order valence-corrected chi connectivity index (χ3v) is 6.65. The van der Waals surface area contributed by atoms with Gasteiger partial charge in [0.15, 0.2) is 5.69 Å². The summed E-state index contributed by atoms with van der Waals surface area (Å²) in [5.74, 6) is -0.374. The number of nitrogens with zero attached hydrogens (tertiary/aromatic N) is 1. The van der Waals surface area contributed by atoms with Gasteiger partial charge in [-0.1, -0.05) is 31.9 Å². The molecule has 13 heteroatoms. The number of hydrogen-bond donors (Lipinski definition) is 3. The Labute approximate surface area is 208 Å². The number of amides is 1. The van der Waals surface area contributed by atoms with Crippen molar-refractivity contribution >= 4 is 17.2 Å². The van der Waals surface area contributed by atoms with Crippen molar-refractivity contribution in [3.63, 3.8) is 0 Å². The first-order valence-electron chi connectivity index (χ1n) is 11.4. The minimum Gasteiger partial charge on any atom is -0.406 e. The number of ether oxygens (including phenoxy) is 1. The minimum absolute atomic E-state index is 0.00276. The SMILES string of the molecule is CC(CNCC(O)c1nc(C(F)(F)F)c(C(=O)NCCc2cccc(OC(F)(F)F)c2)s1)CC1CC1. The van der Waals surface area contributed by atoms with Crippen molar-refractivity contribution in [1.29, 1.82) is 0 Å². The molecule has 200 valence electrons. The quantitative estimate of drug-likeness (QED) is 0.327. The smallest absolute Gasteiger partial charge is 0.406 e. The van der Waals surface area contributed by atoms with E-state index in [0.717, 1.165) is 24.5 Å². The van der Waals surface area contributed by atoms with Crippen LogP contribution >= 0.6 is 11.3 Å². The summed E-state index contributed by atoms with van der Waals surface area (Å²) in [5.41, 5.74) is -1.00. The number of rotatable bonds is 12. The Morgan fingerprint density at radius 2 is 1.94 bits per heavy atom. The molecule has 2 aromatic rings. The normalized spacial score (nSPS) is 16.0. The molecule has 0 bridgehead atoms. The van der Waals surface area contributed by atoms with E-state index >= 15 is 0 Å². The Hall–Kier alpha value is -2.38. The van der Waals surface area contributed by atoms with Gasteiger partial charge in [0.2, 0.25) is 0 Å². The van der Waals surface area contributed by atoms with Crippen LogP contribution in [0, 0.1) is 11.8 Å². The largest absolute Gasteiger partial charge is 0.573 e. The van der Waals surface area contributed by atoms with Crippen molar-refractivity contribution in [3.8, 4) is 5.75 Å². The van der Waals surface area contributed by atoms with Crippen molar-refractivity contribution in [2.75, 3.05) is 19.6 Å². The van der Waals surface area contributed by atoms with E-state index in [9.17, 15) is 36.2 Å². The molecule has 0 radical (unpaired) electrons. The van der Waals surface area contributed by atoms with E-state index < -0.39 is 40.9 Å². The van der Waals surface area contributed by atoms with Crippen LogP contribution in [-0.2, 0) is 12.6 Å². The number of halogens is 6. The summed E-state index contributed by atoms with van der Waals surface area (Å²) >= 11 is 0.459. The molecule has 0 aliphatic heterocycles. The molecule has 1 saturated carbocycles. The van der Waals surface area contributed by atoms with Crippen LogP contribution in [0.4, 0.5) is 26.3 Å². The first-order chi connectivity index (χ1) is 16.8. The Morgan fingerprint density at radius 3 is 2.58 bits per heavy atom. The van der Waals surface area contributed by atoms with Gasteiger partial charge in [-0.2, -0.15) is 13.2 Å². The maximum absolute atomic E-state index is 13.5. The molecule has 0 saturated heterocycles. The van der Waals surface area contributed by atoms with Crippen molar-refractivity contribution in [3.05, 3.63) is 45.4 Å². The maximum atomic E-state index is 13.5. The second kappa shape index (κ2) is 11.8. The molecule has 1 aromatic heterocycles. The van der Waals surface area contributed by atoms with Crippen LogP contribution in [0.15, 0.2) is 24.3 Å². The predicted molar refractivity (Wildman–Crippen MR) is 121 cm³/mol. The van der Waals surface area contributed by atoms with Gasteiger partial charge in [0.25, 0.3) is 5.91 Å². The molecule has 0 spiro atoms. The van der Waals surface area contributed by atoms with E-state index in [4.69, 9.17) is 0 Å². The number of hydrogen-bond acceptors (Lipinski definition) is 6. The molecule has 1 aliphatic rings. The monoisotopic (exact) mass is 539 g/mol. The van der Waals surface area contributed by atoms with Crippen molar-refractivity contribution < 1.29 is 41.0 Å². The summed E-state index contributed by atoms with van der Waals surface area (Å²) < 4.78 is 81.4. The third kappa shape index (κ3) is 8.93. The topological polar surface area (TPSA) is 83.5 Å². The number of benzene rings is 1. The van der Waals surface area contributed by atoms with Crippen molar-refractivity contribution in [1.82, 2.24) is 15.6 Å². The number of carbonyl (C=O) groups excluding carboxylic acids is 1. The summed E-state index contributed by atoms with van der Waals surface area (Å²) in [6, 6.07) is 5.06. The van der Waals surface area contributed by atoms with Crippen LogP contribution in [0.5, 0.6) is 5.75 Å². The highest BCUT2D eigenvalue weighted by atomic mass is 32.1. The van der Waals surface area contributed by atoms with Gasteiger partial charge in [-0.05, 0) is 48.9 Å². The molecule has 3 N–H and O–H groups in total. The molecule has 6 nitrogen and oxygen atoms in total. The zero-order chi connectivity index (χ0) is 26.5. The maximum Gasteiger partial charge on any atom is 0.573 e. The Kier molecular flexibility index (Phi) is 9.23. The number of alkyl halides is 6. The van der Waals surface area contributed by atoms with Gasteiger partial charge in [0.05, 0.1) is 0 Å².